The summed E-state index contributed by atoms with van der Waals surface area (Å²) in [4.78, 5) is 23.1. The highest BCUT2D eigenvalue weighted by Crippen LogP contribution is 1.91. The Hall–Kier alpha value is -1.67. The minimum Gasteiger partial charge on any atom is -0.429 e. The summed E-state index contributed by atoms with van der Waals surface area (Å²) >= 11 is 0. The molecule has 0 radical (unpaired) electrons. The first-order chi connectivity index (χ1) is 5.18. The largest absolute Gasteiger partial charge is 0.429 e. The van der Waals surface area contributed by atoms with Crippen molar-refractivity contribution >= 4 is 12.0 Å². The molecular formula is C7H7NO3. The summed E-state index contributed by atoms with van der Waals surface area (Å²) < 4.78 is 4.41. The van der Waals surface area contributed by atoms with Crippen molar-refractivity contribution in [1.82, 2.24) is 0 Å². The molecule has 11 heavy (non-hydrogen) atoms. The normalized spacial score (nSPS) is 8.82. The molecule has 0 aliphatic rings. The molecule has 0 aliphatic carbocycles. The van der Waals surface area contributed by atoms with Crippen LogP contribution in [0.25, 0.3) is 0 Å². The maximum absolute atomic E-state index is 10.6. The number of aliphatic imine (C=N–C) groups is 1. The van der Waals surface area contributed by atoms with Crippen LogP contribution < -0.4 is 0 Å². The Labute approximate surface area is 63.9 Å². The average Bonchev–Trinajstić information content (AvgIpc) is 1.97. The fourth-order valence-electron chi connectivity index (χ4n) is 0.254. The Morgan fingerprint density at radius 2 is 2.36 bits per heavy atom. The molecule has 0 unspecified atom stereocenters. The van der Waals surface area contributed by atoms with E-state index in [4.69, 9.17) is 0 Å². The number of hydrogen-bond acceptors (Lipinski definition) is 4. The third kappa shape index (κ3) is 4.81. The van der Waals surface area contributed by atoms with E-state index in [2.05, 4.69) is 16.3 Å². The van der Waals surface area contributed by atoms with Gasteiger partial charge in [-0.3, -0.25) is 0 Å². The Kier molecular flexibility index (Phi) is 4.36. The molecule has 0 bridgehead atoms. The van der Waals surface area contributed by atoms with Gasteiger partial charge in [-0.25, -0.2) is 9.59 Å². The van der Waals surface area contributed by atoms with Gasteiger partial charge in [-0.2, -0.15) is 4.99 Å². The predicted molar refractivity (Wildman–Crippen MR) is 38.2 cm³/mol. The van der Waals surface area contributed by atoms with Crippen LogP contribution in [-0.4, -0.2) is 12.0 Å². The number of ether oxygens (including phenoxy) is 1. The standard InChI is InChI=1S/C7H7NO3/c1-6(2)7(10)11-4-3-8-5-9/h3-4H,1H2,2H3/b4-3+. The molecule has 0 rings (SSSR count). The van der Waals surface area contributed by atoms with E-state index in [0.29, 0.717) is 0 Å². The van der Waals surface area contributed by atoms with Gasteiger partial charge >= 0.3 is 5.97 Å². The van der Waals surface area contributed by atoms with Crippen LogP contribution in [0, 0.1) is 0 Å². The summed E-state index contributed by atoms with van der Waals surface area (Å²) in [5, 5.41) is 0. The number of carbonyl (C=O) groups excluding carboxylic acids is 2. The number of isocyanates is 1. The summed E-state index contributed by atoms with van der Waals surface area (Å²) in [6, 6.07) is 0. The van der Waals surface area contributed by atoms with Crippen molar-refractivity contribution in [3.8, 4) is 0 Å². The van der Waals surface area contributed by atoms with Crippen molar-refractivity contribution in [2.24, 2.45) is 4.99 Å². The van der Waals surface area contributed by atoms with E-state index in [1.54, 1.807) is 0 Å². The Morgan fingerprint density at radius 3 is 2.82 bits per heavy atom. The molecular weight excluding hydrogens is 146 g/mol. The average molecular weight is 153 g/mol. The van der Waals surface area contributed by atoms with Crippen LogP contribution in [-0.2, 0) is 14.3 Å². The number of hydrogen-bond donors (Lipinski definition) is 0. The van der Waals surface area contributed by atoms with Crippen LogP contribution in [0.15, 0.2) is 29.6 Å². The molecule has 0 aromatic heterocycles. The minimum absolute atomic E-state index is 0.282. The van der Waals surface area contributed by atoms with E-state index in [9.17, 15) is 9.59 Å². The molecule has 0 heterocycles. The summed E-state index contributed by atoms with van der Waals surface area (Å²) in [5.74, 6) is -0.553. The van der Waals surface area contributed by atoms with E-state index in [1.165, 1.54) is 13.0 Å². The fraction of sp³-hybridized carbons (Fsp3) is 0.143. The third-order valence-electron chi connectivity index (χ3n) is 0.712. The zero-order valence-corrected chi connectivity index (χ0v) is 6.03. The van der Waals surface area contributed by atoms with Gasteiger partial charge in [0.15, 0.2) is 0 Å². The molecule has 4 heteroatoms. The lowest BCUT2D eigenvalue weighted by Crippen LogP contribution is -1.98. The molecule has 0 fully saturated rings. The molecule has 0 saturated heterocycles. The summed E-state index contributed by atoms with van der Waals surface area (Å²) in [6.45, 7) is 4.85. The number of rotatable bonds is 3. The van der Waals surface area contributed by atoms with Crippen LogP contribution in [0.2, 0.25) is 0 Å². The van der Waals surface area contributed by atoms with E-state index < -0.39 is 5.97 Å². The number of nitrogens with zero attached hydrogens (tertiary/aromatic N) is 1. The smallest absolute Gasteiger partial charge is 0.337 e. The second kappa shape index (κ2) is 5.14. The van der Waals surface area contributed by atoms with E-state index in [1.807, 2.05) is 0 Å². The zero-order chi connectivity index (χ0) is 8.69. The lowest BCUT2D eigenvalue weighted by Gasteiger charge is -1.93. The van der Waals surface area contributed by atoms with Crippen LogP contribution in [0.1, 0.15) is 6.92 Å². The molecule has 0 spiro atoms. The topological polar surface area (TPSA) is 55.7 Å². The van der Waals surface area contributed by atoms with Crippen molar-refractivity contribution in [3.63, 3.8) is 0 Å². The van der Waals surface area contributed by atoms with Gasteiger partial charge < -0.3 is 4.74 Å². The molecule has 4 nitrogen and oxygen atoms in total. The van der Waals surface area contributed by atoms with Crippen molar-refractivity contribution < 1.29 is 14.3 Å². The first-order valence-electron chi connectivity index (χ1n) is 2.77. The summed E-state index contributed by atoms with van der Waals surface area (Å²) in [7, 11) is 0. The fourth-order valence-corrected chi connectivity index (χ4v) is 0.254. The Bertz CT molecular complexity index is 236. The maximum atomic E-state index is 10.6. The van der Waals surface area contributed by atoms with Crippen LogP contribution in [0.3, 0.4) is 0 Å². The van der Waals surface area contributed by atoms with Gasteiger partial charge in [-0.1, -0.05) is 6.58 Å². The lowest BCUT2D eigenvalue weighted by atomic mass is 10.4. The first-order valence-corrected chi connectivity index (χ1v) is 2.77. The van der Waals surface area contributed by atoms with Crippen molar-refractivity contribution in [3.05, 3.63) is 24.6 Å². The highest BCUT2D eigenvalue weighted by Gasteiger charge is 1.98. The molecule has 0 atom stereocenters. The highest BCUT2D eigenvalue weighted by molar-refractivity contribution is 5.87. The highest BCUT2D eigenvalue weighted by atomic mass is 16.5. The summed E-state index contributed by atoms with van der Waals surface area (Å²) in [6.07, 6.45) is 3.25. The van der Waals surface area contributed by atoms with E-state index in [0.717, 1.165) is 12.5 Å². The lowest BCUT2D eigenvalue weighted by molar-refractivity contribution is -0.133. The van der Waals surface area contributed by atoms with Crippen LogP contribution in [0.4, 0.5) is 0 Å². The van der Waals surface area contributed by atoms with E-state index in [-0.39, 0.29) is 5.57 Å². The maximum Gasteiger partial charge on any atom is 0.337 e. The molecule has 0 amide bonds. The molecule has 0 aromatic rings. The van der Waals surface area contributed by atoms with Crippen molar-refractivity contribution in [2.45, 2.75) is 6.92 Å². The number of esters is 1. The van der Waals surface area contributed by atoms with Crippen molar-refractivity contribution in [2.75, 3.05) is 0 Å². The van der Waals surface area contributed by atoms with E-state index >= 15 is 0 Å². The van der Waals surface area contributed by atoms with Gasteiger partial charge in [0.2, 0.25) is 6.08 Å². The van der Waals surface area contributed by atoms with Gasteiger partial charge in [0, 0.05) is 5.57 Å². The van der Waals surface area contributed by atoms with Gasteiger partial charge in [-0.05, 0) is 6.92 Å². The zero-order valence-electron chi connectivity index (χ0n) is 6.03. The Morgan fingerprint density at radius 1 is 1.73 bits per heavy atom. The second-order valence-electron chi connectivity index (χ2n) is 1.69. The van der Waals surface area contributed by atoms with Gasteiger partial charge in [0.05, 0.1) is 6.20 Å². The second-order valence-corrected chi connectivity index (χ2v) is 1.69. The van der Waals surface area contributed by atoms with Gasteiger partial charge in [0.25, 0.3) is 0 Å². The van der Waals surface area contributed by atoms with Gasteiger partial charge in [0.1, 0.15) is 6.26 Å². The number of carbonyl (C=O) groups is 1. The first kappa shape index (κ1) is 9.33. The van der Waals surface area contributed by atoms with Crippen molar-refractivity contribution in [1.29, 1.82) is 0 Å². The van der Waals surface area contributed by atoms with Crippen LogP contribution >= 0.6 is 0 Å². The molecule has 0 aliphatic heterocycles. The van der Waals surface area contributed by atoms with Gasteiger partial charge in [-0.15, -0.1) is 0 Å². The quantitative estimate of drug-likeness (QED) is 0.199. The SMILES string of the molecule is C=C(C)C(=O)O/C=C/N=C=O. The molecule has 58 valence electrons. The monoisotopic (exact) mass is 153 g/mol. The molecule has 0 N–H and O–H groups in total. The minimum atomic E-state index is -0.553. The van der Waals surface area contributed by atoms with Crippen LogP contribution in [0.5, 0.6) is 0 Å². The summed E-state index contributed by atoms with van der Waals surface area (Å²) in [5.41, 5.74) is 0.282. The molecule has 0 saturated carbocycles. The predicted octanol–water partition coefficient (Wildman–Crippen LogP) is 0.913. The Balaban J connectivity index is 3.79. The third-order valence-corrected chi connectivity index (χ3v) is 0.712. The molecule has 0 aromatic carbocycles.